The quantitative estimate of drug-likeness (QED) is 0.517. The molecule has 0 aliphatic carbocycles. The van der Waals surface area contributed by atoms with E-state index < -0.39 is 0 Å². The van der Waals surface area contributed by atoms with E-state index in [4.69, 9.17) is 0 Å². The number of hydrogen-bond acceptors (Lipinski definition) is 2. The normalized spacial score (nSPS) is 10.7. The predicted octanol–water partition coefficient (Wildman–Crippen LogP) is 2.01. The highest BCUT2D eigenvalue weighted by atomic mass is 79.9. The Morgan fingerprint density at radius 1 is 1.27 bits per heavy atom. The molecule has 0 radical (unpaired) electrons. The second kappa shape index (κ2) is 10.4. The fourth-order valence-corrected chi connectivity index (χ4v) is 1.76. The van der Waals surface area contributed by atoms with E-state index in [2.05, 4.69) is 40.0 Å². The second-order valence-corrected chi connectivity index (χ2v) is 4.32. The number of unbranched alkanes of at least 4 members (excludes halogenated alkanes) is 1. The maximum Gasteiger partial charge on any atom is 0.220 e. The number of carbonyl (C=O) groups excluding carboxylic acids is 1. The molecule has 0 unspecified atom stereocenters. The van der Waals surface area contributed by atoms with Gasteiger partial charge in [0.05, 0.1) is 0 Å². The first kappa shape index (κ1) is 14.9. The smallest absolute Gasteiger partial charge is 0.220 e. The Hall–Kier alpha value is -0.0900. The lowest BCUT2D eigenvalue weighted by Gasteiger charge is -2.17. The summed E-state index contributed by atoms with van der Waals surface area (Å²) in [7, 11) is 0. The van der Waals surface area contributed by atoms with Crippen LogP contribution in [0.5, 0.6) is 0 Å². The minimum atomic E-state index is 0.183. The van der Waals surface area contributed by atoms with Crippen molar-refractivity contribution in [1.29, 1.82) is 0 Å². The van der Waals surface area contributed by atoms with Crippen LogP contribution in [-0.4, -0.2) is 42.3 Å². The zero-order valence-corrected chi connectivity index (χ0v) is 11.5. The predicted molar refractivity (Wildman–Crippen MR) is 68.4 cm³/mol. The molecule has 0 aromatic carbocycles. The highest BCUT2D eigenvalue weighted by Crippen LogP contribution is 1.97. The number of halogens is 1. The molecule has 0 aromatic heterocycles. The summed E-state index contributed by atoms with van der Waals surface area (Å²) in [5.74, 6) is 0.183. The van der Waals surface area contributed by atoms with Crippen molar-refractivity contribution in [2.24, 2.45) is 0 Å². The van der Waals surface area contributed by atoms with Crippen LogP contribution >= 0.6 is 15.9 Å². The van der Waals surface area contributed by atoms with Gasteiger partial charge < -0.3 is 10.2 Å². The molecule has 1 N–H and O–H groups in total. The zero-order chi connectivity index (χ0) is 11.5. The Bertz CT molecular complexity index is 161. The third-order valence-electron chi connectivity index (χ3n) is 2.43. The molecular weight excluding hydrogens is 256 g/mol. The zero-order valence-electron chi connectivity index (χ0n) is 9.89. The summed E-state index contributed by atoms with van der Waals surface area (Å²) in [6.07, 6.45) is 2.70. The van der Waals surface area contributed by atoms with Crippen molar-refractivity contribution in [3.8, 4) is 0 Å². The molecule has 0 aromatic rings. The minimum Gasteiger partial charge on any atom is -0.355 e. The first-order valence-corrected chi connectivity index (χ1v) is 6.91. The third kappa shape index (κ3) is 8.88. The number of alkyl halides is 1. The van der Waals surface area contributed by atoms with Crippen LogP contribution in [0.2, 0.25) is 0 Å². The molecule has 0 saturated carbocycles. The van der Waals surface area contributed by atoms with Gasteiger partial charge in [-0.1, -0.05) is 29.8 Å². The van der Waals surface area contributed by atoms with E-state index in [0.717, 1.165) is 44.4 Å². The number of hydrogen-bond donors (Lipinski definition) is 1. The molecule has 0 rings (SSSR count). The SMILES string of the molecule is CCN(CC)CCNC(=O)CCCCBr. The highest BCUT2D eigenvalue weighted by molar-refractivity contribution is 9.09. The van der Waals surface area contributed by atoms with Crippen LogP contribution in [0.15, 0.2) is 0 Å². The van der Waals surface area contributed by atoms with E-state index in [9.17, 15) is 4.79 Å². The van der Waals surface area contributed by atoms with Gasteiger partial charge in [-0.25, -0.2) is 0 Å². The molecule has 0 fully saturated rings. The van der Waals surface area contributed by atoms with Crippen molar-refractivity contribution >= 4 is 21.8 Å². The van der Waals surface area contributed by atoms with Crippen molar-refractivity contribution in [3.63, 3.8) is 0 Å². The molecule has 1 amide bonds. The van der Waals surface area contributed by atoms with Crippen LogP contribution < -0.4 is 5.32 Å². The highest BCUT2D eigenvalue weighted by Gasteiger charge is 2.02. The van der Waals surface area contributed by atoms with Crippen molar-refractivity contribution in [2.75, 3.05) is 31.5 Å². The Labute approximate surface area is 102 Å². The Morgan fingerprint density at radius 3 is 2.47 bits per heavy atom. The Morgan fingerprint density at radius 2 is 1.93 bits per heavy atom. The number of rotatable bonds is 9. The molecule has 15 heavy (non-hydrogen) atoms. The number of carbonyl (C=O) groups is 1. The number of amides is 1. The minimum absolute atomic E-state index is 0.183. The van der Waals surface area contributed by atoms with E-state index in [0.29, 0.717) is 6.42 Å². The molecule has 0 atom stereocenters. The molecule has 0 spiro atoms. The standard InChI is InChI=1S/C11H23BrN2O/c1-3-14(4-2)10-9-13-11(15)7-5-6-8-12/h3-10H2,1-2H3,(H,13,15). The average molecular weight is 279 g/mol. The van der Waals surface area contributed by atoms with Crippen LogP contribution in [0.3, 0.4) is 0 Å². The molecular formula is C11H23BrN2O. The fraction of sp³-hybridized carbons (Fsp3) is 0.909. The molecule has 0 aliphatic rings. The Kier molecular flexibility index (Phi) is 10.4. The van der Waals surface area contributed by atoms with Gasteiger partial charge in [0.1, 0.15) is 0 Å². The third-order valence-corrected chi connectivity index (χ3v) is 2.99. The van der Waals surface area contributed by atoms with Gasteiger partial charge in [-0.2, -0.15) is 0 Å². The summed E-state index contributed by atoms with van der Waals surface area (Å²) >= 11 is 3.35. The van der Waals surface area contributed by atoms with Gasteiger partial charge in [0, 0.05) is 24.8 Å². The van der Waals surface area contributed by atoms with Gasteiger partial charge >= 0.3 is 0 Å². The van der Waals surface area contributed by atoms with Crippen molar-refractivity contribution in [1.82, 2.24) is 10.2 Å². The molecule has 4 heteroatoms. The maximum atomic E-state index is 11.3. The summed E-state index contributed by atoms with van der Waals surface area (Å²) < 4.78 is 0. The first-order chi connectivity index (χ1) is 7.24. The van der Waals surface area contributed by atoms with Gasteiger partial charge in [-0.3, -0.25) is 4.79 Å². The Balaban J connectivity index is 3.37. The largest absolute Gasteiger partial charge is 0.355 e. The van der Waals surface area contributed by atoms with Gasteiger partial charge in [-0.15, -0.1) is 0 Å². The summed E-state index contributed by atoms with van der Waals surface area (Å²) in [4.78, 5) is 13.6. The molecule has 0 saturated heterocycles. The number of nitrogens with one attached hydrogen (secondary N) is 1. The van der Waals surface area contributed by atoms with Gasteiger partial charge in [0.25, 0.3) is 0 Å². The van der Waals surface area contributed by atoms with Crippen LogP contribution in [0.25, 0.3) is 0 Å². The topological polar surface area (TPSA) is 32.3 Å². The number of likely N-dealkylation sites (N-methyl/N-ethyl adjacent to an activating group) is 1. The van der Waals surface area contributed by atoms with E-state index in [1.54, 1.807) is 0 Å². The van der Waals surface area contributed by atoms with Crippen LogP contribution in [0, 0.1) is 0 Å². The van der Waals surface area contributed by atoms with Gasteiger partial charge in [0.2, 0.25) is 5.91 Å². The lowest BCUT2D eigenvalue weighted by atomic mass is 10.2. The summed E-state index contributed by atoms with van der Waals surface area (Å²) in [6.45, 7) is 8.11. The van der Waals surface area contributed by atoms with E-state index in [1.807, 2.05) is 0 Å². The lowest BCUT2D eigenvalue weighted by Crippen LogP contribution is -2.34. The summed E-state index contributed by atoms with van der Waals surface area (Å²) in [6, 6.07) is 0. The van der Waals surface area contributed by atoms with Crippen LogP contribution in [-0.2, 0) is 4.79 Å². The van der Waals surface area contributed by atoms with Crippen molar-refractivity contribution in [3.05, 3.63) is 0 Å². The summed E-state index contributed by atoms with van der Waals surface area (Å²) in [5.41, 5.74) is 0. The van der Waals surface area contributed by atoms with Crippen molar-refractivity contribution < 1.29 is 4.79 Å². The van der Waals surface area contributed by atoms with Gasteiger partial charge in [-0.05, 0) is 25.9 Å². The van der Waals surface area contributed by atoms with E-state index in [-0.39, 0.29) is 5.91 Å². The summed E-state index contributed by atoms with van der Waals surface area (Å²) in [5, 5.41) is 3.93. The molecule has 3 nitrogen and oxygen atoms in total. The lowest BCUT2D eigenvalue weighted by molar-refractivity contribution is -0.121. The molecule has 0 bridgehead atoms. The monoisotopic (exact) mass is 278 g/mol. The molecule has 0 heterocycles. The van der Waals surface area contributed by atoms with E-state index >= 15 is 0 Å². The first-order valence-electron chi connectivity index (χ1n) is 5.79. The maximum absolute atomic E-state index is 11.3. The van der Waals surface area contributed by atoms with Crippen LogP contribution in [0.4, 0.5) is 0 Å². The molecule has 90 valence electrons. The average Bonchev–Trinajstić information content (AvgIpc) is 2.25. The van der Waals surface area contributed by atoms with Crippen LogP contribution in [0.1, 0.15) is 33.1 Å². The molecule has 0 aliphatic heterocycles. The number of nitrogens with zero attached hydrogens (tertiary/aromatic N) is 1. The second-order valence-electron chi connectivity index (χ2n) is 3.52. The fourth-order valence-electron chi connectivity index (χ4n) is 1.36. The van der Waals surface area contributed by atoms with Crippen molar-refractivity contribution in [2.45, 2.75) is 33.1 Å². The van der Waals surface area contributed by atoms with Gasteiger partial charge in [0.15, 0.2) is 0 Å². The van der Waals surface area contributed by atoms with E-state index in [1.165, 1.54) is 0 Å².